The van der Waals surface area contributed by atoms with E-state index in [0.29, 0.717) is 9.80 Å². The minimum absolute atomic E-state index is 0.585. The molecular weight excluding hydrogens is 288 g/mol. The summed E-state index contributed by atoms with van der Waals surface area (Å²) in [6.45, 7) is -0.585. The standard InChI is InChI=1S/C15H15N2O5/c1-16(15(21)22-2)14(20)17(10-11-18)13(19)9-8-12-6-4-3-5-7-12/h3-9H,10H2,1-2H3. The highest BCUT2D eigenvalue weighted by Crippen LogP contribution is 2.04. The van der Waals surface area contributed by atoms with E-state index in [4.69, 9.17) is 0 Å². The molecule has 0 N–H and O–H groups in total. The third-order valence-electron chi connectivity index (χ3n) is 2.67. The zero-order valence-electron chi connectivity index (χ0n) is 12.2. The summed E-state index contributed by atoms with van der Waals surface area (Å²) in [5, 5.41) is 0. The molecule has 0 spiro atoms. The fraction of sp³-hybridized carbons (Fsp3) is 0.200. The van der Waals surface area contributed by atoms with Crippen molar-refractivity contribution in [3.63, 3.8) is 0 Å². The first-order chi connectivity index (χ1) is 10.5. The van der Waals surface area contributed by atoms with Crippen molar-refractivity contribution in [2.45, 2.75) is 0 Å². The van der Waals surface area contributed by atoms with E-state index >= 15 is 0 Å². The van der Waals surface area contributed by atoms with E-state index in [-0.39, 0.29) is 0 Å². The van der Waals surface area contributed by atoms with E-state index in [1.54, 1.807) is 24.3 Å². The van der Waals surface area contributed by atoms with Gasteiger partial charge in [-0.25, -0.2) is 14.5 Å². The van der Waals surface area contributed by atoms with Gasteiger partial charge in [-0.15, -0.1) is 0 Å². The highest BCUT2D eigenvalue weighted by molar-refractivity contribution is 6.06. The maximum atomic E-state index is 12.0. The minimum Gasteiger partial charge on any atom is -0.452 e. The maximum absolute atomic E-state index is 12.0. The number of ether oxygens (including phenoxy) is 1. The van der Waals surface area contributed by atoms with Gasteiger partial charge in [0.25, 0.3) is 5.91 Å². The first-order valence-electron chi connectivity index (χ1n) is 6.26. The third kappa shape index (κ3) is 4.55. The molecule has 0 bridgehead atoms. The second-order valence-electron chi connectivity index (χ2n) is 4.12. The molecule has 0 aliphatic carbocycles. The first-order valence-corrected chi connectivity index (χ1v) is 6.26. The Bertz CT molecular complexity index is 583. The molecule has 0 saturated carbocycles. The smallest absolute Gasteiger partial charge is 0.417 e. The molecule has 1 rings (SSSR count). The van der Waals surface area contributed by atoms with Crippen LogP contribution in [-0.2, 0) is 14.3 Å². The summed E-state index contributed by atoms with van der Waals surface area (Å²) in [7, 11) is 2.24. The fourth-order valence-electron chi connectivity index (χ4n) is 1.52. The number of carbonyl (C=O) groups is 3. The van der Waals surface area contributed by atoms with Gasteiger partial charge >= 0.3 is 12.1 Å². The van der Waals surface area contributed by atoms with Gasteiger partial charge < -0.3 is 4.74 Å². The molecule has 115 valence electrons. The van der Waals surface area contributed by atoms with E-state index in [0.717, 1.165) is 25.8 Å². The highest BCUT2D eigenvalue weighted by atomic mass is 16.5. The maximum Gasteiger partial charge on any atom is 0.417 e. The molecule has 0 atom stereocenters. The van der Waals surface area contributed by atoms with Crippen LogP contribution in [-0.4, -0.2) is 54.8 Å². The number of nitrogens with zero attached hydrogens (tertiary/aromatic N) is 2. The summed E-state index contributed by atoms with van der Waals surface area (Å²) in [4.78, 5) is 47.0. The van der Waals surface area contributed by atoms with E-state index in [9.17, 15) is 19.2 Å². The molecule has 1 radical (unpaired) electrons. The Labute approximate surface area is 127 Å². The number of amides is 4. The molecule has 0 saturated heterocycles. The van der Waals surface area contributed by atoms with Crippen LogP contribution < -0.4 is 0 Å². The number of urea groups is 1. The van der Waals surface area contributed by atoms with Gasteiger partial charge in [-0.3, -0.25) is 14.5 Å². The number of hydrogen-bond donors (Lipinski definition) is 0. The monoisotopic (exact) mass is 303 g/mol. The van der Waals surface area contributed by atoms with Crippen LogP contribution in [0, 0.1) is 0 Å². The van der Waals surface area contributed by atoms with Gasteiger partial charge in [-0.2, -0.15) is 0 Å². The number of methoxy groups -OCH3 is 1. The van der Waals surface area contributed by atoms with Gasteiger partial charge in [0.05, 0.1) is 13.7 Å². The summed E-state index contributed by atoms with van der Waals surface area (Å²) in [6, 6.07) is 7.96. The SMILES string of the molecule is COC(=O)N(C)C(=O)N(C[C]=O)C(=O)C=Cc1ccccc1. The summed E-state index contributed by atoms with van der Waals surface area (Å²) in [5.74, 6) is -0.743. The van der Waals surface area contributed by atoms with Crippen LogP contribution in [0.1, 0.15) is 5.56 Å². The van der Waals surface area contributed by atoms with Crippen LogP contribution >= 0.6 is 0 Å². The fourth-order valence-corrected chi connectivity index (χ4v) is 1.52. The Kier molecular flexibility index (Phi) is 6.49. The average Bonchev–Trinajstić information content (AvgIpc) is 2.56. The van der Waals surface area contributed by atoms with Crippen molar-refractivity contribution in [1.82, 2.24) is 9.80 Å². The van der Waals surface area contributed by atoms with Crippen molar-refractivity contribution in [2.24, 2.45) is 0 Å². The number of carbonyl (C=O) groups excluding carboxylic acids is 4. The molecule has 7 heteroatoms. The summed E-state index contributed by atoms with van der Waals surface area (Å²) in [5.41, 5.74) is 0.750. The number of rotatable bonds is 4. The lowest BCUT2D eigenvalue weighted by Crippen LogP contribution is -2.47. The van der Waals surface area contributed by atoms with Crippen molar-refractivity contribution >= 4 is 30.4 Å². The van der Waals surface area contributed by atoms with Crippen molar-refractivity contribution < 1.29 is 23.9 Å². The lowest BCUT2D eigenvalue weighted by Gasteiger charge is -2.21. The van der Waals surface area contributed by atoms with Gasteiger partial charge in [-0.05, 0) is 11.6 Å². The predicted molar refractivity (Wildman–Crippen MR) is 78.4 cm³/mol. The van der Waals surface area contributed by atoms with E-state index in [2.05, 4.69) is 4.74 Å². The van der Waals surface area contributed by atoms with Crippen LogP contribution in [0.4, 0.5) is 9.59 Å². The molecule has 4 amide bonds. The van der Waals surface area contributed by atoms with E-state index in [1.807, 2.05) is 6.07 Å². The quantitative estimate of drug-likeness (QED) is 0.786. The van der Waals surface area contributed by atoms with Gasteiger partial charge in [0, 0.05) is 13.1 Å². The number of benzene rings is 1. The van der Waals surface area contributed by atoms with E-state index < -0.39 is 24.6 Å². The Morgan fingerprint density at radius 1 is 1.23 bits per heavy atom. The van der Waals surface area contributed by atoms with Crippen molar-refractivity contribution in [3.05, 3.63) is 42.0 Å². The Morgan fingerprint density at radius 3 is 2.41 bits per heavy atom. The molecule has 1 aromatic rings. The Balaban J connectivity index is 2.88. The van der Waals surface area contributed by atoms with Gasteiger partial charge in [0.1, 0.15) is 0 Å². The minimum atomic E-state index is -0.974. The summed E-state index contributed by atoms with van der Waals surface area (Å²) < 4.78 is 4.38. The number of imide groups is 2. The van der Waals surface area contributed by atoms with Crippen LogP contribution in [0.25, 0.3) is 6.08 Å². The summed E-state index contributed by atoms with van der Waals surface area (Å²) >= 11 is 0. The number of hydrogen-bond acceptors (Lipinski definition) is 5. The molecule has 0 aliphatic rings. The zero-order chi connectivity index (χ0) is 16.5. The van der Waals surface area contributed by atoms with Crippen molar-refractivity contribution in [3.8, 4) is 0 Å². The largest absolute Gasteiger partial charge is 0.452 e. The Morgan fingerprint density at radius 2 is 1.86 bits per heavy atom. The molecule has 0 aliphatic heterocycles. The van der Waals surface area contributed by atoms with Crippen LogP contribution in [0.5, 0.6) is 0 Å². The topological polar surface area (TPSA) is 84.0 Å². The van der Waals surface area contributed by atoms with E-state index in [1.165, 1.54) is 12.4 Å². The van der Waals surface area contributed by atoms with Crippen molar-refractivity contribution in [1.29, 1.82) is 0 Å². The predicted octanol–water partition coefficient (Wildman–Crippen LogP) is 1.46. The molecule has 0 aromatic heterocycles. The van der Waals surface area contributed by atoms with Crippen LogP contribution in [0.3, 0.4) is 0 Å². The lowest BCUT2D eigenvalue weighted by atomic mass is 10.2. The van der Waals surface area contributed by atoms with Gasteiger partial charge in [-0.1, -0.05) is 30.3 Å². The average molecular weight is 303 g/mol. The molecule has 0 fully saturated rings. The van der Waals surface area contributed by atoms with Gasteiger partial charge in [0.15, 0.2) is 0 Å². The normalized spacial score (nSPS) is 10.1. The highest BCUT2D eigenvalue weighted by Gasteiger charge is 2.27. The van der Waals surface area contributed by atoms with Crippen molar-refractivity contribution in [2.75, 3.05) is 20.7 Å². The molecular formula is C15H15N2O5. The zero-order valence-corrected chi connectivity index (χ0v) is 12.2. The molecule has 7 nitrogen and oxygen atoms in total. The summed E-state index contributed by atoms with van der Waals surface area (Å²) in [6.07, 6.45) is 3.14. The second-order valence-corrected chi connectivity index (χ2v) is 4.12. The lowest BCUT2D eigenvalue weighted by molar-refractivity contribution is -0.123. The van der Waals surface area contributed by atoms with Gasteiger partial charge in [0.2, 0.25) is 6.29 Å². The second kappa shape index (κ2) is 8.35. The third-order valence-corrected chi connectivity index (χ3v) is 2.67. The van der Waals surface area contributed by atoms with Crippen LogP contribution in [0.15, 0.2) is 36.4 Å². The molecule has 0 unspecified atom stereocenters. The molecule has 22 heavy (non-hydrogen) atoms. The Hall–Kier alpha value is -2.96. The molecule has 0 heterocycles. The molecule has 1 aromatic carbocycles. The van der Waals surface area contributed by atoms with Crippen LogP contribution in [0.2, 0.25) is 0 Å². The first kappa shape index (κ1) is 17.1.